The van der Waals surface area contributed by atoms with Crippen molar-refractivity contribution in [2.75, 3.05) is 19.7 Å². The zero-order valence-corrected chi connectivity index (χ0v) is 9.26. The zero-order chi connectivity index (χ0) is 10.2. The third kappa shape index (κ3) is 4.94. The molecule has 0 bridgehead atoms. The van der Waals surface area contributed by atoms with Crippen LogP contribution < -0.4 is 10.6 Å². The minimum atomic E-state index is 0.239. The van der Waals surface area contributed by atoms with Crippen LogP contribution in [0.3, 0.4) is 0 Å². The second-order valence-corrected chi connectivity index (χ2v) is 4.31. The van der Waals surface area contributed by atoms with Crippen LogP contribution in [0.2, 0.25) is 0 Å². The molecule has 84 valence electrons. The van der Waals surface area contributed by atoms with Crippen LogP contribution in [0.5, 0.6) is 0 Å². The van der Waals surface area contributed by atoms with Gasteiger partial charge in [-0.25, -0.2) is 0 Å². The van der Waals surface area contributed by atoms with Crippen molar-refractivity contribution in [1.82, 2.24) is 10.6 Å². The lowest BCUT2D eigenvalue weighted by molar-refractivity contribution is 0.280. The Bertz CT molecular complexity index is 133. The van der Waals surface area contributed by atoms with Crippen molar-refractivity contribution in [3.05, 3.63) is 0 Å². The summed E-state index contributed by atoms with van der Waals surface area (Å²) in [4.78, 5) is 0. The molecular formula is C11H24N2O. The molecule has 14 heavy (non-hydrogen) atoms. The van der Waals surface area contributed by atoms with E-state index in [1.807, 2.05) is 0 Å². The lowest BCUT2D eigenvalue weighted by atomic mass is 10.0. The van der Waals surface area contributed by atoms with Gasteiger partial charge >= 0.3 is 0 Å². The quantitative estimate of drug-likeness (QED) is 0.617. The first-order chi connectivity index (χ1) is 6.83. The predicted molar refractivity (Wildman–Crippen MR) is 59.4 cm³/mol. The summed E-state index contributed by atoms with van der Waals surface area (Å²) in [5, 5.41) is 15.6. The maximum atomic E-state index is 8.69. The highest BCUT2D eigenvalue weighted by atomic mass is 16.3. The molecule has 3 N–H and O–H groups in total. The number of aliphatic hydroxyl groups is 1. The molecule has 1 aliphatic heterocycles. The van der Waals surface area contributed by atoms with Crippen LogP contribution >= 0.6 is 0 Å². The molecule has 3 nitrogen and oxygen atoms in total. The van der Waals surface area contributed by atoms with Gasteiger partial charge in [-0.3, -0.25) is 0 Å². The predicted octanol–water partition coefficient (Wildman–Crippen LogP) is 0.879. The molecule has 0 aromatic heterocycles. The fourth-order valence-corrected chi connectivity index (χ4v) is 2.12. The van der Waals surface area contributed by atoms with E-state index in [1.165, 1.54) is 38.6 Å². The summed E-state index contributed by atoms with van der Waals surface area (Å²) >= 11 is 0. The third-order valence-electron chi connectivity index (χ3n) is 2.91. The van der Waals surface area contributed by atoms with Crippen molar-refractivity contribution in [2.45, 2.75) is 51.1 Å². The number of hydrogen-bond donors (Lipinski definition) is 3. The topological polar surface area (TPSA) is 44.3 Å². The highest BCUT2D eigenvalue weighted by Crippen LogP contribution is 2.12. The van der Waals surface area contributed by atoms with Gasteiger partial charge in [0.15, 0.2) is 0 Å². The second kappa shape index (κ2) is 7.21. The molecule has 0 aromatic rings. The van der Waals surface area contributed by atoms with Crippen molar-refractivity contribution < 1.29 is 5.11 Å². The van der Waals surface area contributed by atoms with E-state index in [-0.39, 0.29) is 6.61 Å². The van der Waals surface area contributed by atoms with E-state index in [1.54, 1.807) is 0 Å². The lowest BCUT2D eigenvalue weighted by Gasteiger charge is -2.21. The molecule has 1 heterocycles. The van der Waals surface area contributed by atoms with Gasteiger partial charge in [0.1, 0.15) is 0 Å². The summed E-state index contributed by atoms with van der Waals surface area (Å²) in [6.45, 7) is 4.33. The van der Waals surface area contributed by atoms with Crippen LogP contribution in [0.25, 0.3) is 0 Å². The number of aliphatic hydroxyl groups excluding tert-OH is 1. The van der Waals surface area contributed by atoms with Crippen molar-refractivity contribution in [2.24, 2.45) is 0 Å². The minimum Gasteiger partial charge on any atom is -0.395 e. The number of rotatable bonds is 5. The van der Waals surface area contributed by atoms with E-state index < -0.39 is 0 Å². The van der Waals surface area contributed by atoms with Gasteiger partial charge in [0.05, 0.1) is 6.61 Å². The Morgan fingerprint density at radius 1 is 1.43 bits per heavy atom. The minimum absolute atomic E-state index is 0.239. The molecule has 2 atom stereocenters. The molecule has 0 aliphatic carbocycles. The summed E-state index contributed by atoms with van der Waals surface area (Å²) in [7, 11) is 0. The normalized spacial score (nSPS) is 25.7. The summed E-state index contributed by atoms with van der Waals surface area (Å²) in [6, 6.07) is 1.19. The largest absolute Gasteiger partial charge is 0.395 e. The van der Waals surface area contributed by atoms with Crippen LogP contribution in [0, 0.1) is 0 Å². The SMILES string of the molecule is CC(CC1CCCCCN1)NCCO. The lowest BCUT2D eigenvalue weighted by Crippen LogP contribution is -2.37. The summed E-state index contributed by atoms with van der Waals surface area (Å²) in [5.41, 5.74) is 0. The summed E-state index contributed by atoms with van der Waals surface area (Å²) in [6.07, 6.45) is 6.56. The molecule has 0 saturated carbocycles. The Balaban J connectivity index is 2.13. The maximum absolute atomic E-state index is 8.69. The van der Waals surface area contributed by atoms with E-state index in [0.29, 0.717) is 18.6 Å². The standard InChI is InChI=1S/C11H24N2O/c1-10(12-7-8-14)9-11-5-3-2-4-6-13-11/h10-14H,2-9H2,1H3. The Labute approximate surface area is 87.3 Å². The van der Waals surface area contributed by atoms with Gasteiger partial charge in [-0.15, -0.1) is 0 Å². The summed E-state index contributed by atoms with van der Waals surface area (Å²) in [5.74, 6) is 0. The highest BCUT2D eigenvalue weighted by molar-refractivity contribution is 4.75. The van der Waals surface area contributed by atoms with Crippen LogP contribution in [0.15, 0.2) is 0 Å². The first kappa shape index (κ1) is 12.0. The van der Waals surface area contributed by atoms with Crippen LogP contribution in [-0.2, 0) is 0 Å². The molecule has 1 rings (SSSR count). The molecule has 0 spiro atoms. The molecule has 3 heteroatoms. The summed E-state index contributed by atoms with van der Waals surface area (Å²) < 4.78 is 0. The van der Waals surface area contributed by atoms with Gasteiger partial charge in [-0.05, 0) is 32.7 Å². The van der Waals surface area contributed by atoms with E-state index in [0.717, 1.165) is 0 Å². The van der Waals surface area contributed by atoms with Crippen molar-refractivity contribution in [3.8, 4) is 0 Å². The van der Waals surface area contributed by atoms with Gasteiger partial charge in [-0.1, -0.05) is 12.8 Å². The fraction of sp³-hybridized carbons (Fsp3) is 1.00. The average molecular weight is 200 g/mol. The van der Waals surface area contributed by atoms with Crippen LogP contribution in [-0.4, -0.2) is 36.9 Å². The van der Waals surface area contributed by atoms with Gasteiger partial charge in [-0.2, -0.15) is 0 Å². The monoisotopic (exact) mass is 200 g/mol. The van der Waals surface area contributed by atoms with Gasteiger partial charge in [0, 0.05) is 18.6 Å². The maximum Gasteiger partial charge on any atom is 0.0556 e. The molecule has 1 fully saturated rings. The third-order valence-corrected chi connectivity index (χ3v) is 2.91. The first-order valence-corrected chi connectivity index (χ1v) is 5.90. The second-order valence-electron chi connectivity index (χ2n) is 4.31. The molecule has 0 aromatic carbocycles. The average Bonchev–Trinajstić information content (AvgIpc) is 2.43. The molecular weight excluding hydrogens is 176 g/mol. The molecule has 1 aliphatic rings. The smallest absolute Gasteiger partial charge is 0.0556 e. The zero-order valence-electron chi connectivity index (χ0n) is 9.26. The molecule has 0 radical (unpaired) electrons. The highest BCUT2D eigenvalue weighted by Gasteiger charge is 2.13. The van der Waals surface area contributed by atoms with E-state index >= 15 is 0 Å². The van der Waals surface area contributed by atoms with Crippen molar-refractivity contribution in [1.29, 1.82) is 0 Å². The van der Waals surface area contributed by atoms with E-state index in [9.17, 15) is 0 Å². The van der Waals surface area contributed by atoms with Gasteiger partial charge < -0.3 is 15.7 Å². The van der Waals surface area contributed by atoms with Gasteiger partial charge in [0.25, 0.3) is 0 Å². The Kier molecular flexibility index (Phi) is 6.15. The Morgan fingerprint density at radius 2 is 2.29 bits per heavy atom. The fourth-order valence-electron chi connectivity index (χ4n) is 2.12. The number of hydrogen-bond acceptors (Lipinski definition) is 3. The van der Waals surface area contributed by atoms with Crippen LogP contribution in [0.4, 0.5) is 0 Å². The first-order valence-electron chi connectivity index (χ1n) is 5.90. The Morgan fingerprint density at radius 3 is 3.07 bits per heavy atom. The molecule has 1 saturated heterocycles. The van der Waals surface area contributed by atoms with E-state index in [2.05, 4.69) is 17.6 Å². The van der Waals surface area contributed by atoms with Crippen molar-refractivity contribution >= 4 is 0 Å². The van der Waals surface area contributed by atoms with Crippen molar-refractivity contribution in [3.63, 3.8) is 0 Å². The molecule has 2 unspecified atom stereocenters. The number of nitrogens with one attached hydrogen (secondary N) is 2. The van der Waals surface area contributed by atoms with Crippen LogP contribution in [0.1, 0.15) is 39.0 Å². The molecule has 0 amide bonds. The van der Waals surface area contributed by atoms with E-state index in [4.69, 9.17) is 5.11 Å². The van der Waals surface area contributed by atoms with Gasteiger partial charge in [0.2, 0.25) is 0 Å². The Hall–Kier alpha value is -0.120.